The molecule has 1 heterocycles. The third-order valence-corrected chi connectivity index (χ3v) is 3.03. The lowest BCUT2D eigenvalue weighted by molar-refractivity contribution is 0.630. The van der Waals surface area contributed by atoms with Crippen LogP contribution in [-0.2, 0) is 7.05 Å². The van der Waals surface area contributed by atoms with E-state index in [4.69, 9.17) is 5.84 Å². The summed E-state index contributed by atoms with van der Waals surface area (Å²) in [7, 11) is 1.92. The second kappa shape index (κ2) is 4.69. The highest BCUT2D eigenvalue weighted by atomic mass is 15.3. The number of benzene rings is 1. The molecule has 0 amide bonds. The summed E-state index contributed by atoms with van der Waals surface area (Å²) in [5.41, 5.74) is 7.40. The first-order chi connectivity index (χ1) is 8.13. The molecule has 2 aromatic rings. The van der Waals surface area contributed by atoms with Crippen molar-refractivity contribution in [2.75, 3.05) is 0 Å². The van der Waals surface area contributed by atoms with E-state index in [9.17, 15) is 0 Å². The predicted octanol–water partition coefficient (Wildman–Crippen LogP) is 1.59. The topological polar surface area (TPSA) is 55.9 Å². The quantitative estimate of drug-likeness (QED) is 0.622. The molecular formula is C13H18N4. The Labute approximate surface area is 101 Å². The lowest BCUT2D eigenvalue weighted by Crippen LogP contribution is -2.29. The highest BCUT2D eigenvalue weighted by molar-refractivity contribution is 5.37. The highest BCUT2D eigenvalue weighted by Crippen LogP contribution is 2.25. The molecule has 0 saturated heterocycles. The first-order valence-electron chi connectivity index (χ1n) is 5.65. The Kier molecular flexibility index (Phi) is 3.26. The van der Waals surface area contributed by atoms with E-state index in [0.29, 0.717) is 0 Å². The Hall–Kier alpha value is -1.65. The molecule has 0 bridgehead atoms. The maximum Gasteiger partial charge on any atom is 0.0745 e. The van der Waals surface area contributed by atoms with Crippen LogP contribution in [0.5, 0.6) is 0 Å². The van der Waals surface area contributed by atoms with Crippen LogP contribution in [0.2, 0.25) is 0 Å². The number of hydrogen-bond acceptors (Lipinski definition) is 3. The molecule has 0 aliphatic carbocycles. The fourth-order valence-corrected chi connectivity index (χ4v) is 2.16. The van der Waals surface area contributed by atoms with Gasteiger partial charge in [0.05, 0.1) is 11.7 Å². The van der Waals surface area contributed by atoms with Gasteiger partial charge in [-0.15, -0.1) is 0 Å². The van der Waals surface area contributed by atoms with Gasteiger partial charge < -0.3 is 0 Å². The zero-order chi connectivity index (χ0) is 12.4. The fourth-order valence-electron chi connectivity index (χ4n) is 2.16. The minimum Gasteiger partial charge on any atom is -0.275 e. The molecule has 4 nitrogen and oxygen atoms in total. The van der Waals surface area contributed by atoms with Gasteiger partial charge in [0.25, 0.3) is 0 Å². The van der Waals surface area contributed by atoms with Crippen molar-refractivity contribution in [2.24, 2.45) is 12.9 Å². The maximum atomic E-state index is 5.70. The molecule has 4 heteroatoms. The van der Waals surface area contributed by atoms with Crippen LogP contribution in [0.3, 0.4) is 0 Å². The number of nitrogens with zero attached hydrogens (tertiary/aromatic N) is 2. The Balaban J connectivity index is 2.47. The zero-order valence-electron chi connectivity index (χ0n) is 10.4. The van der Waals surface area contributed by atoms with Gasteiger partial charge >= 0.3 is 0 Å². The molecule has 0 spiro atoms. The molecule has 2 rings (SSSR count). The summed E-state index contributed by atoms with van der Waals surface area (Å²) < 4.78 is 1.81. The molecule has 1 aromatic heterocycles. The predicted molar refractivity (Wildman–Crippen MR) is 68.3 cm³/mol. The number of nitrogens with one attached hydrogen (secondary N) is 1. The summed E-state index contributed by atoms with van der Waals surface area (Å²) in [6.07, 6.45) is 2.01. The average Bonchev–Trinajstić information content (AvgIpc) is 2.62. The molecular weight excluding hydrogens is 212 g/mol. The second-order valence-corrected chi connectivity index (χ2v) is 4.30. The van der Waals surface area contributed by atoms with Crippen LogP contribution in [-0.4, -0.2) is 9.78 Å². The van der Waals surface area contributed by atoms with Gasteiger partial charge in [0.15, 0.2) is 0 Å². The first-order valence-corrected chi connectivity index (χ1v) is 5.65. The lowest BCUT2D eigenvalue weighted by Gasteiger charge is -2.17. The lowest BCUT2D eigenvalue weighted by atomic mass is 9.96. The molecule has 17 heavy (non-hydrogen) atoms. The molecule has 0 saturated carbocycles. The largest absolute Gasteiger partial charge is 0.275 e. The van der Waals surface area contributed by atoms with Gasteiger partial charge in [0.2, 0.25) is 0 Å². The molecule has 0 fully saturated rings. The Morgan fingerprint density at radius 3 is 2.47 bits per heavy atom. The Morgan fingerprint density at radius 2 is 1.94 bits per heavy atom. The van der Waals surface area contributed by atoms with Gasteiger partial charge in [-0.25, -0.2) is 5.43 Å². The van der Waals surface area contributed by atoms with Crippen molar-refractivity contribution in [3.8, 4) is 0 Å². The van der Waals surface area contributed by atoms with E-state index < -0.39 is 0 Å². The summed E-state index contributed by atoms with van der Waals surface area (Å²) in [5, 5.41) is 4.36. The van der Waals surface area contributed by atoms with Crippen LogP contribution >= 0.6 is 0 Å². The van der Waals surface area contributed by atoms with Crippen LogP contribution in [0.15, 0.2) is 30.5 Å². The standard InChI is InChI=1S/C13H18N4/c1-9-6-4-5-7-11(9)13(15-14)12-8-17(3)16-10(12)2/h4-8,13,15H,14H2,1-3H3. The van der Waals surface area contributed by atoms with Gasteiger partial charge in [-0.1, -0.05) is 24.3 Å². The van der Waals surface area contributed by atoms with Gasteiger partial charge in [-0.2, -0.15) is 5.10 Å². The number of aryl methyl sites for hydroxylation is 3. The van der Waals surface area contributed by atoms with Crippen LogP contribution in [0.25, 0.3) is 0 Å². The molecule has 1 atom stereocenters. The monoisotopic (exact) mass is 230 g/mol. The number of hydrogen-bond donors (Lipinski definition) is 2. The summed E-state index contributed by atoms with van der Waals surface area (Å²) in [4.78, 5) is 0. The van der Waals surface area contributed by atoms with Crippen molar-refractivity contribution < 1.29 is 0 Å². The third kappa shape index (κ3) is 2.23. The normalized spacial score (nSPS) is 12.7. The molecule has 1 aromatic carbocycles. The van der Waals surface area contributed by atoms with Crippen LogP contribution in [0.4, 0.5) is 0 Å². The Bertz CT molecular complexity index is 516. The van der Waals surface area contributed by atoms with E-state index in [-0.39, 0.29) is 6.04 Å². The first kappa shape index (κ1) is 11.8. The van der Waals surface area contributed by atoms with E-state index in [1.807, 2.05) is 37.0 Å². The van der Waals surface area contributed by atoms with Crippen molar-refractivity contribution in [3.63, 3.8) is 0 Å². The van der Waals surface area contributed by atoms with E-state index >= 15 is 0 Å². The van der Waals surface area contributed by atoms with E-state index in [0.717, 1.165) is 11.3 Å². The summed E-state index contributed by atoms with van der Waals surface area (Å²) >= 11 is 0. The number of aromatic nitrogens is 2. The minimum absolute atomic E-state index is 0.00935. The molecule has 3 N–H and O–H groups in total. The Morgan fingerprint density at radius 1 is 1.24 bits per heavy atom. The van der Waals surface area contributed by atoms with Crippen molar-refractivity contribution in [2.45, 2.75) is 19.9 Å². The maximum absolute atomic E-state index is 5.70. The van der Waals surface area contributed by atoms with Crippen molar-refractivity contribution in [1.82, 2.24) is 15.2 Å². The van der Waals surface area contributed by atoms with Crippen LogP contribution in [0, 0.1) is 13.8 Å². The summed E-state index contributed by atoms with van der Waals surface area (Å²) in [5.74, 6) is 5.70. The molecule has 1 unspecified atom stereocenters. The zero-order valence-corrected chi connectivity index (χ0v) is 10.4. The third-order valence-electron chi connectivity index (χ3n) is 3.03. The van der Waals surface area contributed by atoms with Crippen molar-refractivity contribution in [1.29, 1.82) is 0 Å². The fraction of sp³-hybridized carbons (Fsp3) is 0.308. The van der Waals surface area contributed by atoms with Crippen molar-refractivity contribution >= 4 is 0 Å². The molecule has 0 radical (unpaired) electrons. The average molecular weight is 230 g/mol. The highest BCUT2D eigenvalue weighted by Gasteiger charge is 2.18. The summed E-state index contributed by atoms with van der Waals surface area (Å²) in [6, 6.07) is 8.23. The van der Waals surface area contributed by atoms with Gasteiger partial charge in [0, 0.05) is 18.8 Å². The summed E-state index contributed by atoms with van der Waals surface area (Å²) in [6.45, 7) is 4.09. The minimum atomic E-state index is -0.00935. The number of nitrogens with two attached hydrogens (primary N) is 1. The molecule has 0 aliphatic rings. The van der Waals surface area contributed by atoms with E-state index in [2.05, 4.69) is 29.6 Å². The van der Waals surface area contributed by atoms with Gasteiger partial charge in [0.1, 0.15) is 0 Å². The molecule has 90 valence electrons. The van der Waals surface area contributed by atoms with Crippen LogP contribution in [0.1, 0.15) is 28.4 Å². The van der Waals surface area contributed by atoms with Gasteiger partial charge in [-0.3, -0.25) is 10.5 Å². The van der Waals surface area contributed by atoms with Crippen LogP contribution < -0.4 is 11.3 Å². The molecule has 0 aliphatic heterocycles. The smallest absolute Gasteiger partial charge is 0.0745 e. The van der Waals surface area contributed by atoms with E-state index in [1.165, 1.54) is 11.1 Å². The van der Waals surface area contributed by atoms with Gasteiger partial charge in [-0.05, 0) is 25.0 Å². The number of hydrazine groups is 1. The SMILES string of the molecule is Cc1ccccc1C(NN)c1cn(C)nc1C. The van der Waals surface area contributed by atoms with Crippen molar-refractivity contribution in [3.05, 3.63) is 52.8 Å². The van der Waals surface area contributed by atoms with E-state index in [1.54, 1.807) is 0 Å². The second-order valence-electron chi connectivity index (χ2n) is 4.30. The number of rotatable bonds is 3.